The number of rotatable bonds is 5. The first kappa shape index (κ1) is 11.9. The maximum atomic E-state index is 8.85. The minimum absolute atomic E-state index is 0.104. The second kappa shape index (κ2) is 5.09. The molecule has 0 amide bonds. The molecule has 3 nitrogen and oxygen atoms in total. The van der Waals surface area contributed by atoms with Crippen LogP contribution in [0.1, 0.15) is 20.3 Å². The molecule has 0 radical (unpaired) electrons. The Balaban J connectivity index is 2.40. The molecule has 0 atom stereocenters. The molecule has 5 heteroatoms. The van der Waals surface area contributed by atoms with Gasteiger partial charge in [0.1, 0.15) is 4.60 Å². The van der Waals surface area contributed by atoms with Crippen LogP contribution < -0.4 is 5.32 Å². The van der Waals surface area contributed by atoms with Gasteiger partial charge < -0.3 is 10.4 Å². The lowest BCUT2D eigenvalue weighted by Crippen LogP contribution is -2.24. The average molecular weight is 279 g/mol. The van der Waals surface area contributed by atoms with E-state index in [0.29, 0.717) is 0 Å². The van der Waals surface area contributed by atoms with E-state index in [9.17, 15) is 0 Å². The van der Waals surface area contributed by atoms with Crippen LogP contribution in [0.2, 0.25) is 0 Å². The van der Waals surface area contributed by atoms with E-state index in [1.807, 2.05) is 5.38 Å². The Morgan fingerprint density at radius 1 is 1.64 bits per heavy atom. The predicted molar refractivity (Wildman–Crippen MR) is 63.8 cm³/mol. The van der Waals surface area contributed by atoms with Crippen molar-refractivity contribution in [1.82, 2.24) is 4.98 Å². The smallest absolute Gasteiger partial charge is 0.183 e. The maximum absolute atomic E-state index is 8.85. The highest BCUT2D eigenvalue weighted by molar-refractivity contribution is 9.10. The van der Waals surface area contributed by atoms with Crippen LogP contribution >= 0.6 is 27.3 Å². The lowest BCUT2D eigenvalue weighted by Gasteiger charge is -2.23. The van der Waals surface area contributed by atoms with Crippen LogP contribution in [0.3, 0.4) is 0 Å². The Morgan fingerprint density at radius 2 is 2.36 bits per heavy atom. The van der Waals surface area contributed by atoms with Gasteiger partial charge >= 0.3 is 0 Å². The van der Waals surface area contributed by atoms with E-state index in [0.717, 1.165) is 22.7 Å². The largest absolute Gasteiger partial charge is 0.396 e. The average Bonchev–Trinajstić information content (AvgIpc) is 2.48. The van der Waals surface area contributed by atoms with Gasteiger partial charge in [0, 0.05) is 18.5 Å². The number of aliphatic hydroxyl groups excluding tert-OH is 1. The number of hydrogen-bond donors (Lipinski definition) is 2. The Bertz CT molecular complexity index is 288. The zero-order valence-electron chi connectivity index (χ0n) is 8.38. The minimum Gasteiger partial charge on any atom is -0.396 e. The molecule has 0 aliphatic carbocycles. The Kier molecular flexibility index (Phi) is 4.34. The third kappa shape index (κ3) is 3.94. The molecule has 1 heterocycles. The van der Waals surface area contributed by atoms with Crippen molar-refractivity contribution in [2.45, 2.75) is 20.3 Å². The molecule has 0 saturated carbocycles. The number of halogens is 1. The summed E-state index contributed by atoms with van der Waals surface area (Å²) in [5.41, 5.74) is 0.104. The van der Waals surface area contributed by atoms with Gasteiger partial charge in [-0.2, -0.15) is 0 Å². The van der Waals surface area contributed by atoms with Crippen LogP contribution in [-0.2, 0) is 0 Å². The number of aromatic nitrogens is 1. The van der Waals surface area contributed by atoms with E-state index in [2.05, 4.69) is 40.1 Å². The van der Waals surface area contributed by atoms with E-state index in [1.165, 1.54) is 0 Å². The van der Waals surface area contributed by atoms with Gasteiger partial charge in [0.2, 0.25) is 0 Å². The summed E-state index contributed by atoms with van der Waals surface area (Å²) in [6.07, 6.45) is 0.798. The van der Waals surface area contributed by atoms with E-state index >= 15 is 0 Å². The van der Waals surface area contributed by atoms with Crippen LogP contribution in [0.15, 0.2) is 9.98 Å². The van der Waals surface area contributed by atoms with Crippen molar-refractivity contribution in [1.29, 1.82) is 0 Å². The summed E-state index contributed by atoms with van der Waals surface area (Å²) < 4.78 is 0.866. The zero-order chi connectivity index (χ0) is 10.6. The van der Waals surface area contributed by atoms with Crippen molar-refractivity contribution in [3.8, 4) is 0 Å². The Morgan fingerprint density at radius 3 is 2.86 bits per heavy atom. The zero-order valence-corrected chi connectivity index (χ0v) is 10.8. The molecule has 0 aliphatic heterocycles. The summed E-state index contributed by atoms with van der Waals surface area (Å²) in [5.74, 6) is 0. The number of nitrogens with zero attached hydrogens (tertiary/aromatic N) is 1. The number of nitrogens with one attached hydrogen (secondary N) is 1. The molecule has 0 aliphatic rings. The highest BCUT2D eigenvalue weighted by Gasteiger charge is 2.17. The number of hydrogen-bond acceptors (Lipinski definition) is 4. The SMILES string of the molecule is CC(C)(CCO)CNc1nc(Br)cs1. The molecule has 0 saturated heterocycles. The van der Waals surface area contributed by atoms with Gasteiger partial charge in [-0.3, -0.25) is 0 Å². The van der Waals surface area contributed by atoms with Crippen molar-refractivity contribution in [3.05, 3.63) is 9.98 Å². The molecule has 0 aromatic carbocycles. The molecule has 0 spiro atoms. The van der Waals surface area contributed by atoms with Gasteiger partial charge in [-0.15, -0.1) is 11.3 Å². The van der Waals surface area contributed by atoms with E-state index in [4.69, 9.17) is 5.11 Å². The van der Waals surface area contributed by atoms with Crippen LogP contribution in [-0.4, -0.2) is 23.2 Å². The fraction of sp³-hybridized carbons (Fsp3) is 0.667. The lowest BCUT2D eigenvalue weighted by molar-refractivity contribution is 0.220. The molecule has 1 rings (SSSR count). The van der Waals surface area contributed by atoms with Crippen molar-refractivity contribution in [3.63, 3.8) is 0 Å². The number of thiazole rings is 1. The molecular formula is C9H15BrN2OS. The molecule has 1 aromatic heterocycles. The van der Waals surface area contributed by atoms with Gasteiger partial charge in [-0.1, -0.05) is 13.8 Å². The molecule has 0 fully saturated rings. The highest BCUT2D eigenvalue weighted by Crippen LogP contribution is 2.23. The molecule has 80 valence electrons. The summed E-state index contributed by atoms with van der Waals surface area (Å²) in [6, 6.07) is 0. The van der Waals surface area contributed by atoms with Gasteiger partial charge in [0.15, 0.2) is 5.13 Å². The summed E-state index contributed by atoms with van der Waals surface area (Å²) in [7, 11) is 0. The van der Waals surface area contributed by atoms with Crippen LogP contribution in [0.5, 0.6) is 0 Å². The first-order valence-corrected chi connectivity index (χ1v) is 6.16. The maximum Gasteiger partial charge on any atom is 0.183 e. The van der Waals surface area contributed by atoms with E-state index in [1.54, 1.807) is 11.3 Å². The van der Waals surface area contributed by atoms with Crippen molar-refractivity contribution in [2.75, 3.05) is 18.5 Å². The third-order valence-electron chi connectivity index (χ3n) is 1.98. The molecule has 1 aromatic rings. The molecule has 0 bridgehead atoms. The second-order valence-electron chi connectivity index (χ2n) is 3.97. The lowest BCUT2D eigenvalue weighted by atomic mass is 9.90. The van der Waals surface area contributed by atoms with Gasteiger partial charge in [0.05, 0.1) is 0 Å². The molecule has 14 heavy (non-hydrogen) atoms. The number of anilines is 1. The van der Waals surface area contributed by atoms with Crippen molar-refractivity contribution >= 4 is 32.4 Å². The van der Waals surface area contributed by atoms with E-state index in [-0.39, 0.29) is 12.0 Å². The summed E-state index contributed by atoms with van der Waals surface area (Å²) >= 11 is 4.88. The van der Waals surface area contributed by atoms with Crippen LogP contribution in [0.25, 0.3) is 0 Å². The van der Waals surface area contributed by atoms with Gasteiger partial charge in [0.25, 0.3) is 0 Å². The summed E-state index contributed by atoms with van der Waals surface area (Å²) in [4.78, 5) is 4.24. The first-order valence-electron chi connectivity index (χ1n) is 4.49. The molecular weight excluding hydrogens is 264 g/mol. The third-order valence-corrected chi connectivity index (χ3v) is 3.49. The van der Waals surface area contributed by atoms with Gasteiger partial charge in [-0.25, -0.2) is 4.98 Å². The molecule has 0 unspecified atom stereocenters. The van der Waals surface area contributed by atoms with Gasteiger partial charge in [-0.05, 0) is 27.8 Å². The standard InChI is InChI=1S/C9H15BrN2OS/c1-9(2,3-4-13)6-11-8-12-7(10)5-14-8/h5,13H,3-4,6H2,1-2H3,(H,11,12). The normalized spacial score (nSPS) is 11.7. The van der Waals surface area contributed by atoms with Crippen LogP contribution in [0, 0.1) is 5.41 Å². The van der Waals surface area contributed by atoms with E-state index < -0.39 is 0 Å². The van der Waals surface area contributed by atoms with Crippen molar-refractivity contribution in [2.24, 2.45) is 5.41 Å². The van der Waals surface area contributed by atoms with Crippen LogP contribution in [0.4, 0.5) is 5.13 Å². The van der Waals surface area contributed by atoms with Crippen molar-refractivity contribution < 1.29 is 5.11 Å². The summed E-state index contributed by atoms with van der Waals surface area (Å²) in [6.45, 7) is 5.31. The second-order valence-corrected chi connectivity index (χ2v) is 5.64. The number of aliphatic hydroxyl groups is 1. The fourth-order valence-electron chi connectivity index (χ4n) is 1.04. The highest BCUT2D eigenvalue weighted by atomic mass is 79.9. The first-order chi connectivity index (χ1) is 6.53. The predicted octanol–water partition coefficient (Wildman–Crippen LogP) is 2.73. The Labute approximate surface area is 96.7 Å². The fourth-order valence-corrected chi connectivity index (χ4v) is 2.18. The minimum atomic E-state index is 0.104. The summed E-state index contributed by atoms with van der Waals surface area (Å²) in [5, 5.41) is 15.0. The quantitative estimate of drug-likeness (QED) is 0.871. The topological polar surface area (TPSA) is 45.1 Å². The molecule has 2 N–H and O–H groups in total. The monoisotopic (exact) mass is 278 g/mol. The Hall–Kier alpha value is -0.130.